The molecule has 8 heteroatoms. The first-order valence-electron chi connectivity index (χ1n) is 7.15. The Hall–Kier alpha value is -0.320. The summed E-state index contributed by atoms with van der Waals surface area (Å²) in [5, 5.41) is 44.7. The summed E-state index contributed by atoms with van der Waals surface area (Å²) < 4.78 is 14.5. The first kappa shape index (κ1) is 18.7. The minimum Gasteiger partial charge on any atom is -0.394 e. The van der Waals surface area contributed by atoms with E-state index < -0.39 is 18.3 Å². The van der Waals surface area contributed by atoms with Crippen LogP contribution in [0.1, 0.15) is 12.8 Å². The van der Waals surface area contributed by atoms with Crippen LogP contribution in [0.3, 0.4) is 0 Å². The molecule has 0 aliphatic carbocycles. The van der Waals surface area contributed by atoms with Gasteiger partial charge in [-0.1, -0.05) is 0 Å². The molecule has 21 heavy (non-hydrogen) atoms. The smallest absolute Gasteiger partial charge is 0.106 e. The average Bonchev–Trinajstić information content (AvgIpc) is 3.35. The molecule has 2 aliphatic rings. The second-order valence-electron chi connectivity index (χ2n) is 5.07. The van der Waals surface area contributed by atoms with Gasteiger partial charge >= 0.3 is 0 Å². The van der Waals surface area contributed by atoms with Gasteiger partial charge in [-0.05, 0) is 0 Å². The molecule has 2 rings (SSSR count). The predicted molar refractivity (Wildman–Crippen MR) is 71.7 cm³/mol. The Morgan fingerprint density at radius 3 is 1.52 bits per heavy atom. The van der Waals surface area contributed by atoms with E-state index in [0.717, 1.165) is 0 Å². The van der Waals surface area contributed by atoms with Crippen molar-refractivity contribution in [1.29, 1.82) is 0 Å². The third kappa shape index (κ3) is 9.33. The zero-order valence-corrected chi connectivity index (χ0v) is 12.0. The van der Waals surface area contributed by atoms with Crippen molar-refractivity contribution in [3.8, 4) is 0 Å². The van der Waals surface area contributed by atoms with Gasteiger partial charge in [-0.15, -0.1) is 0 Å². The second kappa shape index (κ2) is 10.4. The van der Waals surface area contributed by atoms with E-state index >= 15 is 0 Å². The highest BCUT2D eigenvalue weighted by atomic mass is 16.6. The zero-order valence-electron chi connectivity index (χ0n) is 12.0. The summed E-state index contributed by atoms with van der Waals surface area (Å²) in [6, 6.07) is 0. The Kier molecular flexibility index (Phi) is 9.29. The molecule has 0 saturated carbocycles. The van der Waals surface area contributed by atoms with Gasteiger partial charge in [-0.25, -0.2) is 0 Å². The van der Waals surface area contributed by atoms with E-state index in [1.165, 1.54) is 0 Å². The molecular weight excluding hydrogens is 284 g/mol. The van der Waals surface area contributed by atoms with Crippen molar-refractivity contribution < 1.29 is 39.7 Å². The molecule has 2 saturated heterocycles. The van der Waals surface area contributed by atoms with E-state index in [9.17, 15) is 15.3 Å². The first-order chi connectivity index (χ1) is 10.1. The molecule has 2 aliphatic heterocycles. The summed E-state index contributed by atoms with van der Waals surface area (Å²) in [6.45, 7) is 1.98. The van der Waals surface area contributed by atoms with Gasteiger partial charge in [0.25, 0.3) is 0 Å². The molecule has 0 spiro atoms. The fourth-order valence-corrected chi connectivity index (χ4v) is 1.71. The Morgan fingerprint density at radius 1 is 0.857 bits per heavy atom. The second-order valence-corrected chi connectivity index (χ2v) is 5.07. The van der Waals surface area contributed by atoms with Crippen molar-refractivity contribution in [3.05, 3.63) is 0 Å². The molecular formula is C13H26O8. The van der Waals surface area contributed by atoms with Gasteiger partial charge in [0.15, 0.2) is 0 Å². The van der Waals surface area contributed by atoms with Crippen LogP contribution in [-0.2, 0) is 14.2 Å². The van der Waals surface area contributed by atoms with E-state index in [2.05, 4.69) is 4.74 Å². The molecule has 2 fully saturated rings. The summed E-state index contributed by atoms with van der Waals surface area (Å²) in [5.74, 6) is 0. The Labute approximate surface area is 123 Å². The molecule has 4 unspecified atom stereocenters. The fourth-order valence-electron chi connectivity index (χ4n) is 1.71. The van der Waals surface area contributed by atoms with Crippen LogP contribution in [0.4, 0.5) is 0 Å². The van der Waals surface area contributed by atoms with Gasteiger partial charge in [0.2, 0.25) is 0 Å². The fraction of sp³-hybridized carbons (Fsp3) is 1.00. The highest BCUT2D eigenvalue weighted by molar-refractivity contribution is 4.84. The minimum absolute atomic E-state index is 0.0278. The van der Waals surface area contributed by atoms with Crippen molar-refractivity contribution in [3.63, 3.8) is 0 Å². The van der Waals surface area contributed by atoms with Crippen LogP contribution in [-0.4, -0.2) is 95.7 Å². The number of rotatable bonds is 10. The Bertz CT molecular complexity index is 233. The van der Waals surface area contributed by atoms with Gasteiger partial charge in [-0.2, -0.15) is 0 Å². The number of aliphatic hydroxyl groups is 5. The quantitative estimate of drug-likeness (QED) is 0.223. The topological polar surface area (TPSA) is 135 Å². The molecule has 8 nitrogen and oxygen atoms in total. The number of ether oxygens (including phenoxy) is 3. The van der Waals surface area contributed by atoms with Crippen molar-refractivity contribution in [2.75, 3.05) is 39.6 Å². The van der Waals surface area contributed by atoms with Crippen LogP contribution in [0.2, 0.25) is 0 Å². The highest BCUT2D eigenvalue weighted by Gasteiger charge is 2.35. The summed E-state index contributed by atoms with van der Waals surface area (Å²) in [4.78, 5) is 0. The number of aliphatic hydroxyl groups excluding tert-OH is 5. The molecule has 0 bridgehead atoms. The molecule has 4 atom stereocenters. The summed E-state index contributed by atoms with van der Waals surface area (Å²) in [5.41, 5.74) is 0. The third-order valence-electron chi connectivity index (χ3n) is 3.07. The maximum absolute atomic E-state index is 9.53. The minimum atomic E-state index is -1.09. The van der Waals surface area contributed by atoms with E-state index in [0.29, 0.717) is 39.3 Å². The van der Waals surface area contributed by atoms with E-state index in [1.807, 2.05) is 0 Å². The van der Waals surface area contributed by atoms with Crippen LogP contribution in [0.25, 0.3) is 0 Å². The van der Waals surface area contributed by atoms with Crippen LogP contribution < -0.4 is 0 Å². The predicted octanol–water partition coefficient (Wildman–Crippen LogP) is -2.37. The molecule has 5 N–H and O–H groups in total. The molecule has 0 amide bonds. The van der Waals surface area contributed by atoms with E-state index in [4.69, 9.17) is 19.7 Å². The van der Waals surface area contributed by atoms with Crippen LogP contribution in [0, 0.1) is 0 Å². The normalized spacial score (nSPS) is 27.3. The maximum atomic E-state index is 9.53. The maximum Gasteiger partial charge on any atom is 0.106 e. The SMILES string of the molecule is OC(CC1CO1)C(O)C(O)CC1CO1.OCCOCCO. The average molecular weight is 310 g/mol. The lowest BCUT2D eigenvalue weighted by Crippen LogP contribution is -2.38. The molecule has 0 aromatic rings. The lowest BCUT2D eigenvalue weighted by molar-refractivity contribution is -0.0676. The van der Waals surface area contributed by atoms with Gasteiger partial charge in [-0.3, -0.25) is 0 Å². The Morgan fingerprint density at radius 2 is 1.24 bits per heavy atom. The molecule has 0 radical (unpaired) electrons. The molecule has 0 aromatic carbocycles. The molecule has 2 heterocycles. The van der Waals surface area contributed by atoms with Crippen LogP contribution in [0.5, 0.6) is 0 Å². The van der Waals surface area contributed by atoms with Crippen LogP contribution >= 0.6 is 0 Å². The largest absolute Gasteiger partial charge is 0.394 e. The van der Waals surface area contributed by atoms with Gasteiger partial charge in [0.1, 0.15) is 6.10 Å². The van der Waals surface area contributed by atoms with Gasteiger partial charge in [0.05, 0.1) is 64.1 Å². The van der Waals surface area contributed by atoms with Crippen molar-refractivity contribution in [1.82, 2.24) is 0 Å². The number of hydrogen-bond acceptors (Lipinski definition) is 8. The van der Waals surface area contributed by atoms with Crippen molar-refractivity contribution >= 4 is 0 Å². The van der Waals surface area contributed by atoms with Crippen molar-refractivity contribution in [2.24, 2.45) is 0 Å². The lowest BCUT2D eigenvalue weighted by atomic mass is 10.0. The summed E-state index contributed by atoms with van der Waals surface area (Å²) in [7, 11) is 0. The summed E-state index contributed by atoms with van der Waals surface area (Å²) in [6.07, 6.45) is -2.00. The van der Waals surface area contributed by atoms with Crippen LogP contribution in [0.15, 0.2) is 0 Å². The third-order valence-corrected chi connectivity index (χ3v) is 3.07. The number of hydrogen-bond donors (Lipinski definition) is 5. The summed E-state index contributed by atoms with van der Waals surface area (Å²) >= 11 is 0. The van der Waals surface area contributed by atoms with E-state index in [-0.39, 0.29) is 25.4 Å². The van der Waals surface area contributed by atoms with Gasteiger partial charge in [0, 0.05) is 12.8 Å². The lowest BCUT2D eigenvalue weighted by Gasteiger charge is -2.21. The Balaban J connectivity index is 0.000000270. The number of epoxide rings is 2. The molecule has 0 aromatic heterocycles. The zero-order chi connectivity index (χ0) is 15.7. The standard InChI is InChI=1S/C9H16O5.C4H10O3/c10-7(1-5-3-13-5)9(12)8(11)2-6-4-14-6;5-1-3-7-4-2-6/h5-12H,1-4H2;5-6H,1-4H2. The molecule has 126 valence electrons. The first-order valence-corrected chi connectivity index (χ1v) is 7.15. The highest BCUT2D eigenvalue weighted by Crippen LogP contribution is 2.22. The van der Waals surface area contributed by atoms with Gasteiger partial charge < -0.3 is 39.7 Å². The van der Waals surface area contributed by atoms with Crippen molar-refractivity contribution in [2.45, 2.75) is 43.4 Å². The van der Waals surface area contributed by atoms with E-state index in [1.54, 1.807) is 0 Å². The monoisotopic (exact) mass is 310 g/mol.